The van der Waals surface area contributed by atoms with Crippen molar-refractivity contribution in [3.8, 4) is 0 Å². The quantitative estimate of drug-likeness (QED) is 0.304. The lowest BCUT2D eigenvalue weighted by Crippen LogP contribution is -2.66. The van der Waals surface area contributed by atoms with Crippen molar-refractivity contribution in [2.75, 3.05) is 5.73 Å². The molecule has 2 amide bonds. The number of anilines is 1. The van der Waals surface area contributed by atoms with Crippen molar-refractivity contribution >= 4 is 73.1 Å². The second-order valence-corrected chi connectivity index (χ2v) is 7.92. The first-order valence-corrected chi connectivity index (χ1v) is 8.58. The molecule has 2 atom stereocenters. The van der Waals surface area contributed by atoms with Crippen LogP contribution in [0.2, 0.25) is 11.0 Å². The van der Waals surface area contributed by atoms with Gasteiger partial charge in [-0.25, -0.2) is 4.98 Å². The molecule has 1 fully saturated rings. The lowest BCUT2D eigenvalue weighted by atomic mass is 9.35. The number of nitrogens with two attached hydrogens (primary N) is 1. The number of piperidine rings is 1. The molecule has 12 heteroatoms. The summed E-state index contributed by atoms with van der Waals surface area (Å²) in [7, 11) is 8.90. The first kappa shape index (κ1) is 18.4. The van der Waals surface area contributed by atoms with Crippen LogP contribution in [0.3, 0.4) is 0 Å². The average Bonchev–Trinajstić information content (AvgIpc) is 2.51. The first-order valence-electron chi connectivity index (χ1n) is 8.58. The molecule has 3 rings (SSSR count). The van der Waals surface area contributed by atoms with E-state index in [-0.39, 0.29) is 16.9 Å². The molecule has 1 saturated heterocycles. The summed E-state index contributed by atoms with van der Waals surface area (Å²) in [4.78, 5) is 43.0. The molecule has 1 aromatic carbocycles. The van der Waals surface area contributed by atoms with Gasteiger partial charge in [0.05, 0.1) is 16.3 Å². The number of nitrogens with one attached hydrogen (secondary N) is 1. The van der Waals surface area contributed by atoms with Crippen LogP contribution in [-0.2, 0) is 15.0 Å². The Hall–Kier alpha value is -2.38. The number of aryl methyl sites for hydroxylation is 1. The van der Waals surface area contributed by atoms with Crippen LogP contribution in [0.25, 0.3) is 10.9 Å². The molecular formula is C14H19B5N4O3. The number of amides is 2. The van der Waals surface area contributed by atoms with Crippen LogP contribution in [0.4, 0.5) is 5.69 Å². The van der Waals surface area contributed by atoms with Gasteiger partial charge >= 0.3 is 0 Å². The average molecular weight is 345 g/mol. The van der Waals surface area contributed by atoms with Gasteiger partial charge < -0.3 is 5.73 Å². The highest BCUT2D eigenvalue weighted by Crippen LogP contribution is 2.45. The standard InChI is InChI=1S/C14H19B5N4O3/c1-4-21-7-3-5(15)2-6(20)8(7)9(24)23(4)14(19)10(16)13(17,18)11(25)22-12(14)26/h2-3,10H,15-20H2,1H3,(H,22,25,26). The van der Waals surface area contributed by atoms with Gasteiger partial charge in [-0.05, 0) is 30.1 Å². The van der Waals surface area contributed by atoms with Crippen LogP contribution >= 0.6 is 0 Å². The number of hydrogen-bond acceptors (Lipinski definition) is 5. The maximum atomic E-state index is 13.3. The van der Waals surface area contributed by atoms with E-state index in [9.17, 15) is 14.4 Å². The van der Waals surface area contributed by atoms with E-state index in [0.717, 1.165) is 5.46 Å². The SMILES string of the molecule is Bc1cc(N)c2c(=O)n(C3(B)C(=O)NC(=O)C(B)(B)C3B)c(C)nc2c1. The number of nitrogens with zero attached hydrogens (tertiary/aromatic N) is 2. The number of carbonyl (C=O) groups is 2. The molecule has 1 aromatic heterocycles. The minimum atomic E-state index is -1.27. The summed E-state index contributed by atoms with van der Waals surface area (Å²) in [5.74, 6) is -0.880. The Morgan fingerprint density at radius 3 is 2.42 bits per heavy atom. The largest absolute Gasteiger partial charge is 0.398 e. The van der Waals surface area contributed by atoms with Crippen molar-refractivity contribution < 1.29 is 9.59 Å². The van der Waals surface area contributed by atoms with Gasteiger partial charge in [0.1, 0.15) is 45.1 Å². The zero-order valence-electron chi connectivity index (χ0n) is 15.9. The first-order chi connectivity index (χ1) is 11.9. The molecule has 26 heavy (non-hydrogen) atoms. The molecule has 0 saturated carbocycles. The maximum Gasteiger partial charge on any atom is 0.263 e. The number of rotatable bonds is 1. The summed E-state index contributed by atoms with van der Waals surface area (Å²) >= 11 is 0. The summed E-state index contributed by atoms with van der Waals surface area (Å²) in [6, 6.07) is 3.51. The fourth-order valence-electron chi connectivity index (χ4n) is 3.93. The van der Waals surface area contributed by atoms with Crippen LogP contribution in [-0.4, -0.2) is 60.6 Å². The number of benzene rings is 1. The van der Waals surface area contributed by atoms with Crippen LogP contribution < -0.4 is 22.1 Å². The molecule has 2 aromatic rings. The molecule has 2 unspecified atom stereocenters. The van der Waals surface area contributed by atoms with Gasteiger partial charge in [-0.2, -0.15) is 0 Å². The van der Waals surface area contributed by atoms with E-state index in [1.54, 1.807) is 42.6 Å². The van der Waals surface area contributed by atoms with Gasteiger partial charge in [-0.3, -0.25) is 24.3 Å². The lowest BCUT2D eigenvalue weighted by Gasteiger charge is -2.48. The van der Waals surface area contributed by atoms with Crippen LogP contribution in [0.5, 0.6) is 0 Å². The van der Waals surface area contributed by atoms with E-state index in [2.05, 4.69) is 10.3 Å². The van der Waals surface area contributed by atoms with Crippen LogP contribution in [0.1, 0.15) is 5.82 Å². The Kier molecular flexibility index (Phi) is 3.94. The topological polar surface area (TPSA) is 107 Å². The third-order valence-corrected chi connectivity index (χ3v) is 5.98. The van der Waals surface area contributed by atoms with Crippen molar-refractivity contribution in [1.82, 2.24) is 14.9 Å². The lowest BCUT2D eigenvalue weighted by molar-refractivity contribution is -0.138. The van der Waals surface area contributed by atoms with Crippen molar-refractivity contribution in [2.24, 2.45) is 0 Å². The minimum Gasteiger partial charge on any atom is -0.398 e. The van der Waals surface area contributed by atoms with E-state index >= 15 is 0 Å². The van der Waals surface area contributed by atoms with Gasteiger partial charge in [-0.15, -0.1) is 0 Å². The predicted octanol–water partition coefficient (Wildman–Crippen LogP) is -5.71. The Morgan fingerprint density at radius 2 is 1.81 bits per heavy atom. The van der Waals surface area contributed by atoms with Gasteiger partial charge in [0, 0.05) is 5.69 Å². The molecule has 0 radical (unpaired) electrons. The fraction of sp³-hybridized carbons (Fsp3) is 0.286. The maximum absolute atomic E-state index is 13.3. The molecule has 1 aliphatic rings. The van der Waals surface area contributed by atoms with E-state index in [4.69, 9.17) is 5.73 Å². The summed E-state index contributed by atoms with van der Waals surface area (Å²) in [6.45, 7) is 1.69. The summed E-state index contributed by atoms with van der Waals surface area (Å²) in [5, 5.41) is 1.88. The van der Waals surface area contributed by atoms with Crippen molar-refractivity contribution in [2.45, 2.75) is 23.4 Å². The zero-order chi connectivity index (χ0) is 19.6. The molecule has 1 aliphatic heterocycles. The number of imide groups is 1. The second-order valence-electron chi connectivity index (χ2n) is 7.92. The summed E-state index contributed by atoms with van der Waals surface area (Å²) < 4.78 is 1.38. The van der Waals surface area contributed by atoms with Crippen molar-refractivity contribution in [1.29, 1.82) is 0 Å². The summed E-state index contributed by atoms with van der Waals surface area (Å²) in [5.41, 5.74) is 6.18. The Labute approximate surface area is 155 Å². The Balaban J connectivity index is 2.39. The van der Waals surface area contributed by atoms with E-state index in [0.29, 0.717) is 17.0 Å². The van der Waals surface area contributed by atoms with Gasteiger partial charge in [0.2, 0.25) is 11.8 Å². The second kappa shape index (κ2) is 5.56. The number of aromatic nitrogens is 2. The summed E-state index contributed by atoms with van der Waals surface area (Å²) in [6.07, 6.45) is 0. The Bertz CT molecular complexity index is 1040. The highest BCUT2D eigenvalue weighted by atomic mass is 16.2. The third kappa shape index (κ3) is 2.27. The molecular weight excluding hydrogens is 326 g/mol. The molecule has 128 valence electrons. The van der Waals surface area contributed by atoms with Gasteiger partial charge in [0.15, 0.2) is 0 Å². The number of hydrogen-bond donors (Lipinski definition) is 2. The van der Waals surface area contributed by atoms with Crippen LogP contribution in [0.15, 0.2) is 16.9 Å². The van der Waals surface area contributed by atoms with Gasteiger partial charge in [-0.1, -0.05) is 5.46 Å². The van der Waals surface area contributed by atoms with Crippen LogP contribution in [0, 0.1) is 6.92 Å². The zero-order valence-corrected chi connectivity index (χ0v) is 15.9. The molecule has 0 bridgehead atoms. The highest BCUT2D eigenvalue weighted by Gasteiger charge is 2.55. The molecule has 7 nitrogen and oxygen atoms in total. The smallest absolute Gasteiger partial charge is 0.263 e. The number of carbonyl (C=O) groups excluding carboxylic acids is 2. The molecule has 0 aliphatic carbocycles. The number of fused-ring (bicyclic) bond motifs is 1. The van der Waals surface area contributed by atoms with Gasteiger partial charge in [0.25, 0.3) is 5.56 Å². The molecule has 3 N–H and O–H groups in total. The van der Waals surface area contributed by atoms with E-state index in [1.165, 1.54) is 4.57 Å². The van der Waals surface area contributed by atoms with E-state index in [1.807, 2.05) is 15.7 Å². The minimum absolute atomic E-state index is 0.289. The third-order valence-electron chi connectivity index (χ3n) is 5.98. The monoisotopic (exact) mass is 346 g/mol. The fourth-order valence-corrected chi connectivity index (χ4v) is 3.93. The normalized spacial score (nSPS) is 25.2. The molecule has 0 spiro atoms. The van der Waals surface area contributed by atoms with Crippen molar-refractivity contribution in [3.05, 3.63) is 28.3 Å². The number of nitrogen functional groups attached to an aromatic ring is 1. The highest BCUT2D eigenvalue weighted by molar-refractivity contribution is 6.57. The predicted molar refractivity (Wildman–Crippen MR) is 115 cm³/mol. The van der Waals surface area contributed by atoms with E-state index < -0.39 is 22.4 Å². The van der Waals surface area contributed by atoms with Crippen molar-refractivity contribution in [3.63, 3.8) is 0 Å². The Morgan fingerprint density at radius 1 is 1.19 bits per heavy atom. The molecule has 2 heterocycles.